The summed E-state index contributed by atoms with van der Waals surface area (Å²) in [6.07, 6.45) is 1.64. The van der Waals surface area contributed by atoms with E-state index < -0.39 is 22.4 Å². The number of carbonyl (C=O) groups is 1. The number of rotatable bonds is 9. The van der Waals surface area contributed by atoms with Crippen LogP contribution in [0.5, 0.6) is 0 Å². The van der Waals surface area contributed by atoms with Gasteiger partial charge >= 0.3 is 16.4 Å². The number of nitrogens with zero attached hydrogens (tertiary/aromatic N) is 1. The molecule has 2 rings (SSSR count). The second-order valence-corrected chi connectivity index (χ2v) is 8.24. The number of anilines is 1. The molecule has 1 aromatic heterocycles. The molecule has 2 aromatic rings. The summed E-state index contributed by atoms with van der Waals surface area (Å²) in [5.41, 5.74) is 2.04. The molecule has 152 valence electrons. The molecular formula is C18H23N3O5S2. The number of hydrogen-bond donors (Lipinski definition) is 3. The minimum Gasteiger partial charge on any atom is -0.416 e. The number of nitrogens with one attached hydrogen (secondary N) is 2. The number of amides is 1. The van der Waals surface area contributed by atoms with Crippen LogP contribution < -0.4 is 10.0 Å². The van der Waals surface area contributed by atoms with Gasteiger partial charge in [0.25, 0.3) is 0 Å². The van der Waals surface area contributed by atoms with Gasteiger partial charge in [-0.3, -0.25) is 9.27 Å². The van der Waals surface area contributed by atoms with E-state index in [-0.39, 0.29) is 11.4 Å². The van der Waals surface area contributed by atoms with Gasteiger partial charge in [-0.05, 0) is 37.5 Å². The number of alkyl carbamates (subject to hydrolysis) is 1. The SMILES string of the molecule is C=C(C)OC(=O)N[C@@H](Cc1ccc(NS(=O)(=O)O)cc1)c1nc(CCC)cs1. The van der Waals surface area contributed by atoms with Crippen molar-refractivity contribution in [3.05, 3.63) is 58.2 Å². The molecule has 0 spiro atoms. The first kappa shape index (κ1) is 21.9. The van der Waals surface area contributed by atoms with Crippen LogP contribution in [0.2, 0.25) is 0 Å². The first-order valence-corrected chi connectivity index (χ1v) is 10.9. The molecule has 1 heterocycles. The Morgan fingerprint density at radius 3 is 2.61 bits per heavy atom. The van der Waals surface area contributed by atoms with Crippen molar-refractivity contribution in [1.29, 1.82) is 0 Å². The van der Waals surface area contributed by atoms with Gasteiger partial charge in [0.15, 0.2) is 0 Å². The first-order chi connectivity index (χ1) is 13.2. The lowest BCUT2D eigenvalue weighted by atomic mass is 10.1. The van der Waals surface area contributed by atoms with Gasteiger partial charge < -0.3 is 10.1 Å². The van der Waals surface area contributed by atoms with Crippen LogP contribution in [-0.4, -0.2) is 24.0 Å². The van der Waals surface area contributed by atoms with Crippen molar-refractivity contribution < 1.29 is 22.5 Å². The molecule has 0 aliphatic heterocycles. The van der Waals surface area contributed by atoms with Crippen LogP contribution in [0.25, 0.3) is 0 Å². The number of ether oxygens (including phenoxy) is 1. The lowest BCUT2D eigenvalue weighted by molar-refractivity contribution is 0.172. The molecule has 1 amide bonds. The van der Waals surface area contributed by atoms with E-state index >= 15 is 0 Å². The number of thiazole rings is 1. The van der Waals surface area contributed by atoms with Gasteiger partial charge in [-0.25, -0.2) is 9.78 Å². The summed E-state index contributed by atoms with van der Waals surface area (Å²) in [4.78, 5) is 16.6. The minimum atomic E-state index is -4.33. The van der Waals surface area contributed by atoms with E-state index in [1.165, 1.54) is 23.5 Å². The molecule has 28 heavy (non-hydrogen) atoms. The number of aryl methyl sites for hydroxylation is 1. The molecule has 0 fully saturated rings. The van der Waals surface area contributed by atoms with Crippen LogP contribution in [0.15, 0.2) is 42.0 Å². The third kappa shape index (κ3) is 7.29. The molecule has 0 saturated heterocycles. The fraction of sp³-hybridized carbons (Fsp3) is 0.333. The summed E-state index contributed by atoms with van der Waals surface area (Å²) in [6.45, 7) is 7.21. The highest BCUT2D eigenvalue weighted by Crippen LogP contribution is 2.24. The Kier molecular flexibility index (Phi) is 7.55. The highest BCUT2D eigenvalue weighted by Gasteiger charge is 2.20. The van der Waals surface area contributed by atoms with Crippen molar-refractivity contribution in [3.8, 4) is 0 Å². The molecule has 1 aromatic carbocycles. The lowest BCUT2D eigenvalue weighted by Gasteiger charge is -2.17. The summed E-state index contributed by atoms with van der Waals surface area (Å²) in [6, 6.07) is 6.04. The highest BCUT2D eigenvalue weighted by molar-refractivity contribution is 7.87. The summed E-state index contributed by atoms with van der Waals surface area (Å²) in [5.74, 6) is 0.280. The topological polar surface area (TPSA) is 118 Å². The molecule has 0 aliphatic rings. The molecule has 0 saturated carbocycles. The van der Waals surface area contributed by atoms with Gasteiger partial charge in [0, 0.05) is 5.38 Å². The zero-order valence-corrected chi connectivity index (χ0v) is 17.3. The van der Waals surface area contributed by atoms with Crippen molar-refractivity contribution in [2.75, 3.05) is 4.72 Å². The number of hydrogen-bond acceptors (Lipinski definition) is 6. The molecule has 3 N–H and O–H groups in total. The summed E-state index contributed by atoms with van der Waals surface area (Å²) < 4.78 is 37.6. The Morgan fingerprint density at radius 1 is 1.36 bits per heavy atom. The second kappa shape index (κ2) is 9.67. The Morgan fingerprint density at radius 2 is 2.04 bits per heavy atom. The third-order valence-corrected chi connectivity index (χ3v) is 5.07. The van der Waals surface area contributed by atoms with Gasteiger partial charge in [0.05, 0.1) is 23.2 Å². The van der Waals surface area contributed by atoms with Crippen LogP contribution in [-0.2, 0) is 27.9 Å². The standard InChI is InChI=1S/C18H23N3O5S2/c1-4-5-15-11-27-17(19-15)16(20-18(22)26-12(2)3)10-13-6-8-14(9-7-13)21-28(23,24)25/h6-9,11,16,21H,2,4-5,10H2,1,3H3,(H,20,22)(H,23,24,25)/t16-/m0/s1. The Balaban J connectivity index is 2.18. The van der Waals surface area contributed by atoms with Crippen molar-refractivity contribution in [3.63, 3.8) is 0 Å². The Bertz CT molecular complexity index is 923. The van der Waals surface area contributed by atoms with E-state index in [9.17, 15) is 13.2 Å². The maximum atomic E-state index is 12.0. The summed E-state index contributed by atoms with van der Waals surface area (Å²) in [5, 5.41) is 5.52. The molecule has 0 unspecified atom stereocenters. The molecule has 0 aliphatic carbocycles. The van der Waals surface area contributed by atoms with E-state index in [4.69, 9.17) is 9.29 Å². The molecule has 8 nitrogen and oxygen atoms in total. The zero-order valence-electron chi connectivity index (χ0n) is 15.6. The maximum Gasteiger partial charge on any atom is 0.412 e. The van der Waals surface area contributed by atoms with Crippen LogP contribution in [0.3, 0.4) is 0 Å². The van der Waals surface area contributed by atoms with Crippen LogP contribution in [0.1, 0.15) is 42.6 Å². The van der Waals surface area contributed by atoms with Gasteiger partial charge in [-0.1, -0.05) is 32.1 Å². The third-order valence-electron chi connectivity index (χ3n) is 3.57. The fourth-order valence-corrected chi connectivity index (χ4v) is 3.81. The van der Waals surface area contributed by atoms with Crippen LogP contribution in [0.4, 0.5) is 10.5 Å². The summed E-state index contributed by atoms with van der Waals surface area (Å²) in [7, 11) is -4.33. The Hall–Kier alpha value is -2.43. The van der Waals surface area contributed by atoms with Gasteiger partial charge in [-0.2, -0.15) is 8.42 Å². The van der Waals surface area contributed by atoms with Crippen molar-refractivity contribution in [2.45, 2.75) is 39.2 Å². The van der Waals surface area contributed by atoms with E-state index in [0.29, 0.717) is 6.42 Å². The molecule has 10 heteroatoms. The smallest absolute Gasteiger partial charge is 0.412 e. The zero-order chi connectivity index (χ0) is 20.7. The molecule has 0 radical (unpaired) electrons. The quantitative estimate of drug-likeness (QED) is 0.415. The predicted octanol–water partition coefficient (Wildman–Crippen LogP) is 3.85. The number of carbonyl (C=O) groups excluding carboxylic acids is 1. The first-order valence-electron chi connectivity index (χ1n) is 8.58. The van der Waals surface area contributed by atoms with Crippen molar-refractivity contribution in [2.24, 2.45) is 0 Å². The fourth-order valence-electron chi connectivity index (χ4n) is 2.48. The average Bonchev–Trinajstić information content (AvgIpc) is 3.03. The van der Waals surface area contributed by atoms with E-state index in [1.807, 2.05) is 10.1 Å². The van der Waals surface area contributed by atoms with Crippen molar-refractivity contribution >= 4 is 33.4 Å². The van der Waals surface area contributed by atoms with Gasteiger partial charge in [0.2, 0.25) is 0 Å². The predicted molar refractivity (Wildman–Crippen MR) is 109 cm³/mol. The van der Waals surface area contributed by atoms with Crippen LogP contribution >= 0.6 is 11.3 Å². The summed E-state index contributed by atoms with van der Waals surface area (Å²) >= 11 is 1.46. The number of aromatic nitrogens is 1. The Labute approximate surface area is 168 Å². The average molecular weight is 426 g/mol. The lowest BCUT2D eigenvalue weighted by Crippen LogP contribution is -2.30. The largest absolute Gasteiger partial charge is 0.416 e. The van der Waals surface area contributed by atoms with E-state index in [1.54, 1.807) is 19.1 Å². The van der Waals surface area contributed by atoms with E-state index in [0.717, 1.165) is 29.1 Å². The second-order valence-electron chi connectivity index (χ2n) is 6.19. The van der Waals surface area contributed by atoms with Crippen molar-refractivity contribution in [1.82, 2.24) is 10.3 Å². The highest BCUT2D eigenvalue weighted by atomic mass is 32.2. The normalized spacial score (nSPS) is 12.2. The molecule has 1 atom stereocenters. The molecular weight excluding hydrogens is 402 g/mol. The van der Waals surface area contributed by atoms with Crippen LogP contribution in [0, 0.1) is 0 Å². The number of allylic oxidation sites excluding steroid dienone is 1. The minimum absolute atomic E-state index is 0.233. The molecule has 0 bridgehead atoms. The maximum absolute atomic E-state index is 12.0. The monoisotopic (exact) mass is 425 g/mol. The van der Waals surface area contributed by atoms with E-state index in [2.05, 4.69) is 23.8 Å². The van der Waals surface area contributed by atoms with Gasteiger partial charge in [0.1, 0.15) is 5.01 Å². The van der Waals surface area contributed by atoms with Gasteiger partial charge in [-0.15, -0.1) is 11.3 Å². The number of benzene rings is 1.